The van der Waals surface area contributed by atoms with Crippen LogP contribution in [0.5, 0.6) is 11.5 Å². The van der Waals surface area contributed by atoms with Crippen LogP contribution in [0.25, 0.3) is 0 Å². The Morgan fingerprint density at radius 2 is 1.47 bits per heavy atom. The largest absolute Gasteiger partial charge is 0.497 e. The highest BCUT2D eigenvalue weighted by Crippen LogP contribution is 2.22. The SMILES string of the molecule is COc1ccc(N2CCN(C(=O)c3ccccc3COc3ccccc3)CC2)cc1. The fourth-order valence-corrected chi connectivity index (χ4v) is 3.66. The lowest BCUT2D eigenvalue weighted by atomic mass is 10.1. The van der Waals surface area contributed by atoms with Crippen LogP contribution in [0.15, 0.2) is 78.9 Å². The Morgan fingerprint density at radius 1 is 0.800 bits per heavy atom. The van der Waals surface area contributed by atoms with Crippen LogP contribution in [0, 0.1) is 0 Å². The third-order valence-electron chi connectivity index (χ3n) is 5.39. The van der Waals surface area contributed by atoms with Crippen molar-refractivity contribution < 1.29 is 14.3 Å². The van der Waals surface area contributed by atoms with E-state index in [0.29, 0.717) is 25.3 Å². The second-order valence-corrected chi connectivity index (χ2v) is 7.24. The highest BCUT2D eigenvalue weighted by atomic mass is 16.5. The van der Waals surface area contributed by atoms with Crippen molar-refractivity contribution in [3.05, 3.63) is 90.0 Å². The average Bonchev–Trinajstić information content (AvgIpc) is 2.83. The summed E-state index contributed by atoms with van der Waals surface area (Å²) in [7, 11) is 1.67. The van der Waals surface area contributed by atoms with Crippen molar-refractivity contribution in [3.63, 3.8) is 0 Å². The molecule has 0 aliphatic carbocycles. The summed E-state index contributed by atoms with van der Waals surface area (Å²) in [6.07, 6.45) is 0. The van der Waals surface area contributed by atoms with Gasteiger partial charge in [0.25, 0.3) is 5.91 Å². The molecule has 30 heavy (non-hydrogen) atoms. The van der Waals surface area contributed by atoms with Gasteiger partial charge in [-0.05, 0) is 42.5 Å². The molecule has 0 aromatic heterocycles. The second kappa shape index (κ2) is 9.35. The van der Waals surface area contributed by atoms with E-state index in [2.05, 4.69) is 17.0 Å². The summed E-state index contributed by atoms with van der Waals surface area (Å²) in [6.45, 7) is 3.37. The van der Waals surface area contributed by atoms with Gasteiger partial charge in [-0.15, -0.1) is 0 Å². The van der Waals surface area contributed by atoms with Crippen molar-refractivity contribution in [2.45, 2.75) is 6.61 Å². The maximum absolute atomic E-state index is 13.2. The first-order valence-electron chi connectivity index (χ1n) is 10.2. The summed E-state index contributed by atoms with van der Waals surface area (Å²) in [5, 5.41) is 0. The zero-order valence-corrected chi connectivity index (χ0v) is 17.2. The van der Waals surface area contributed by atoms with E-state index in [1.807, 2.05) is 71.6 Å². The first kappa shape index (κ1) is 19.8. The van der Waals surface area contributed by atoms with Gasteiger partial charge in [0.05, 0.1) is 7.11 Å². The maximum Gasteiger partial charge on any atom is 0.254 e. The Hall–Kier alpha value is -3.47. The van der Waals surface area contributed by atoms with Crippen LogP contribution in [0.3, 0.4) is 0 Å². The van der Waals surface area contributed by atoms with Crippen LogP contribution in [0.2, 0.25) is 0 Å². The molecule has 3 aromatic rings. The smallest absolute Gasteiger partial charge is 0.254 e. The van der Waals surface area contributed by atoms with Gasteiger partial charge >= 0.3 is 0 Å². The number of piperazine rings is 1. The van der Waals surface area contributed by atoms with Gasteiger partial charge in [0.1, 0.15) is 18.1 Å². The molecule has 3 aromatic carbocycles. The van der Waals surface area contributed by atoms with E-state index < -0.39 is 0 Å². The summed E-state index contributed by atoms with van der Waals surface area (Å²) < 4.78 is 11.1. The Labute approximate surface area is 177 Å². The second-order valence-electron chi connectivity index (χ2n) is 7.24. The predicted octanol–water partition coefficient (Wildman–Crippen LogP) is 4.24. The van der Waals surface area contributed by atoms with Gasteiger partial charge in [-0.25, -0.2) is 0 Å². The molecule has 5 nitrogen and oxygen atoms in total. The van der Waals surface area contributed by atoms with Crippen LogP contribution in [0.4, 0.5) is 5.69 Å². The Bertz CT molecular complexity index is 965. The molecular formula is C25H26N2O3. The first-order valence-corrected chi connectivity index (χ1v) is 10.2. The van der Waals surface area contributed by atoms with Gasteiger partial charge in [-0.2, -0.15) is 0 Å². The number of methoxy groups -OCH3 is 1. The molecule has 1 aliphatic heterocycles. The van der Waals surface area contributed by atoms with E-state index >= 15 is 0 Å². The zero-order chi connectivity index (χ0) is 20.8. The van der Waals surface area contributed by atoms with Crippen molar-refractivity contribution in [2.75, 3.05) is 38.2 Å². The molecular weight excluding hydrogens is 376 g/mol. The number of hydrogen-bond donors (Lipinski definition) is 0. The number of ether oxygens (including phenoxy) is 2. The van der Waals surface area contributed by atoms with Crippen LogP contribution >= 0.6 is 0 Å². The molecule has 0 unspecified atom stereocenters. The molecule has 1 saturated heterocycles. The first-order chi connectivity index (χ1) is 14.7. The normalized spacial score (nSPS) is 13.8. The molecule has 1 fully saturated rings. The number of carbonyl (C=O) groups excluding carboxylic acids is 1. The van der Waals surface area contributed by atoms with E-state index in [1.165, 1.54) is 0 Å². The van der Waals surface area contributed by atoms with Crippen LogP contribution in [-0.4, -0.2) is 44.1 Å². The number of nitrogens with zero attached hydrogens (tertiary/aromatic N) is 2. The fraction of sp³-hybridized carbons (Fsp3) is 0.240. The van der Waals surface area contributed by atoms with E-state index in [0.717, 1.165) is 35.8 Å². The van der Waals surface area contributed by atoms with E-state index in [4.69, 9.17) is 9.47 Å². The number of benzene rings is 3. The third kappa shape index (κ3) is 4.57. The Balaban J connectivity index is 1.39. The van der Waals surface area contributed by atoms with Crippen molar-refractivity contribution in [3.8, 4) is 11.5 Å². The monoisotopic (exact) mass is 402 g/mol. The molecule has 0 radical (unpaired) electrons. The van der Waals surface area contributed by atoms with Gasteiger partial charge in [0, 0.05) is 43.0 Å². The predicted molar refractivity (Wildman–Crippen MR) is 118 cm³/mol. The number of para-hydroxylation sites is 1. The Morgan fingerprint density at radius 3 is 2.17 bits per heavy atom. The zero-order valence-electron chi connectivity index (χ0n) is 17.2. The lowest BCUT2D eigenvalue weighted by molar-refractivity contribution is 0.0744. The number of rotatable bonds is 6. The number of amides is 1. The topological polar surface area (TPSA) is 42.0 Å². The molecule has 0 N–H and O–H groups in total. The van der Waals surface area contributed by atoms with Crippen molar-refractivity contribution in [1.82, 2.24) is 4.90 Å². The van der Waals surface area contributed by atoms with Gasteiger partial charge in [-0.1, -0.05) is 36.4 Å². The van der Waals surface area contributed by atoms with Gasteiger partial charge < -0.3 is 19.3 Å². The third-order valence-corrected chi connectivity index (χ3v) is 5.39. The van der Waals surface area contributed by atoms with Crippen LogP contribution in [-0.2, 0) is 6.61 Å². The minimum atomic E-state index is 0.0663. The molecule has 0 bridgehead atoms. The molecule has 1 aliphatic rings. The summed E-state index contributed by atoms with van der Waals surface area (Å²) in [5.74, 6) is 1.71. The lowest BCUT2D eigenvalue weighted by Gasteiger charge is -2.36. The van der Waals surface area contributed by atoms with Crippen molar-refractivity contribution in [1.29, 1.82) is 0 Å². The van der Waals surface area contributed by atoms with Crippen molar-refractivity contribution in [2.24, 2.45) is 0 Å². The van der Waals surface area contributed by atoms with Crippen LogP contribution in [0.1, 0.15) is 15.9 Å². The average molecular weight is 402 g/mol. The summed E-state index contributed by atoms with van der Waals surface area (Å²) >= 11 is 0. The summed E-state index contributed by atoms with van der Waals surface area (Å²) in [4.78, 5) is 17.4. The molecule has 5 heteroatoms. The van der Waals surface area contributed by atoms with Gasteiger partial charge in [0.15, 0.2) is 0 Å². The molecule has 4 rings (SSSR count). The lowest BCUT2D eigenvalue weighted by Crippen LogP contribution is -2.49. The number of anilines is 1. The minimum Gasteiger partial charge on any atom is -0.497 e. The molecule has 1 heterocycles. The molecule has 0 atom stereocenters. The van der Waals surface area contributed by atoms with Crippen LogP contribution < -0.4 is 14.4 Å². The minimum absolute atomic E-state index is 0.0663. The number of hydrogen-bond acceptors (Lipinski definition) is 4. The standard InChI is InChI=1S/C25H26N2O3/c1-29-22-13-11-21(12-14-22)26-15-17-27(18-16-26)25(28)24-10-6-5-7-20(24)19-30-23-8-3-2-4-9-23/h2-14H,15-19H2,1H3. The Kier molecular flexibility index (Phi) is 6.18. The maximum atomic E-state index is 13.2. The fourth-order valence-electron chi connectivity index (χ4n) is 3.66. The van der Waals surface area contributed by atoms with E-state index in [9.17, 15) is 4.79 Å². The summed E-state index contributed by atoms with van der Waals surface area (Å²) in [5.41, 5.74) is 2.77. The highest BCUT2D eigenvalue weighted by Gasteiger charge is 2.24. The summed E-state index contributed by atoms with van der Waals surface area (Å²) in [6, 6.07) is 25.4. The highest BCUT2D eigenvalue weighted by molar-refractivity contribution is 5.95. The van der Waals surface area contributed by atoms with E-state index in [-0.39, 0.29) is 5.91 Å². The molecule has 154 valence electrons. The van der Waals surface area contributed by atoms with Gasteiger partial charge in [-0.3, -0.25) is 4.79 Å². The molecule has 0 saturated carbocycles. The number of carbonyl (C=O) groups is 1. The van der Waals surface area contributed by atoms with Gasteiger partial charge in [0.2, 0.25) is 0 Å². The quantitative estimate of drug-likeness (QED) is 0.619. The van der Waals surface area contributed by atoms with Crippen molar-refractivity contribution >= 4 is 11.6 Å². The van der Waals surface area contributed by atoms with E-state index in [1.54, 1.807) is 7.11 Å². The molecule has 1 amide bonds. The molecule has 0 spiro atoms.